The summed E-state index contributed by atoms with van der Waals surface area (Å²) < 4.78 is 51.2. The van der Waals surface area contributed by atoms with Gasteiger partial charge in [-0.3, -0.25) is 4.79 Å². The molecule has 0 saturated carbocycles. The number of rotatable bonds is 4. The second-order valence-corrected chi connectivity index (χ2v) is 6.09. The predicted molar refractivity (Wildman–Crippen MR) is 74.9 cm³/mol. The number of carbonyl (C=O) groups is 1. The molecule has 0 aliphatic heterocycles. The molecule has 0 heterocycles. The van der Waals surface area contributed by atoms with Crippen molar-refractivity contribution in [2.75, 3.05) is 6.61 Å². The molecular formula is C16H21F3O2. The van der Waals surface area contributed by atoms with E-state index < -0.39 is 23.2 Å². The third kappa shape index (κ3) is 5.40. The molecule has 0 bridgehead atoms. The number of alkyl halides is 3. The van der Waals surface area contributed by atoms with Crippen molar-refractivity contribution in [2.45, 2.75) is 46.2 Å². The number of benzene rings is 1. The minimum atomic E-state index is -4.54. The van der Waals surface area contributed by atoms with Crippen LogP contribution < -0.4 is 0 Å². The number of hydrogen-bond donors (Lipinski definition) is 0. The summed E-state index contributed by atoms with van der Waals surface area (Å²) in [5.74, 6) is -0.655. The van der Waals surface area contributed by atoms with Crippen LogP contribution in [0.25, 0.3) is 0 Å². The molecule has 1 aromatic carbocycles. The number of esters is 1. The predicted octanol–water partition coefficient (Wildman–Crippen LogP) is 4.79. The maximum atomic E-state index is 12.8. The summed E-state index contributed by atoms with van der Waals surface area (Å²) in [5, 5.41) is 0. The van der Waals surface area contributed by atoms with Crippen LogP contribution in [0.1, 0.15) is 52.5 Å². The minimum absolute atomic E-state index is 0.118. The molecule has 1 unspecified atom stereocenters. The first kappa shape index (κ1) is 15.9. The van der Waals surface area contributed by atoms with E-state index in [0.29, 0.717) is 12.0 Å². The Hall–Kier alpha value is -1.52. The third-order valence-corrected chi connectivity index (χ3v) is 3.05. The monoisotopic (exact) mass is 303 g/mol. The van der Waals surface area contributed by atoms with Crippen molar-refractivity contribution in [1.82, 2.24) is 0 Å². The van der Waals surface area contributed by atoms with E-state index in [1.165, 1.54) is 12.1 Å². The molecule has 1 aromatic rings. The molecule has 0 spiro atoms. The van der Waals surface area contributed by atoms with E-state index in [9.17, 15) is 18.0 Å². The maximum Gasteiger partial charge on any atom is 0.416 e. The Bertz CT molecular complexity index is 533. The van der Waals surface area contributed by atoms with Gasteiger partial charge >= 0.3 is 12.1 Å². The van der Waals surface area contributed by atoms with Crippen LogP contribution in [0.5, 0.6) is 0 Å². The molecule has 0 amide bonds. The van der Waals surface area contributed by atoms with E-state index >= 15 is 0 Å². The van der Waals surface area contributed by atoms with Gasteiger partial charge in [-0.05, 0) is 44.7 Å². The molecule has 1 rings (SSSR count). The van der Waals surface area contributed by atoms with Crippen LogP contribution in [0.2, 0.25) is 0 Å². The Balaban J connectivity index is 2.75. The molecule has 0 aliphatic carbocycles. The summed E-state index contributed by atoms with van der Waals surface area (Å²) in [6, 6.07) is 3.20. The van der Waals surface area contributed by atoms with E-state index in [2.05, 4.69) is 0 Å². The van der Waals surface area contributed by atoms with Gasteiger partial charge in [0.15, 0.2) is 0 Å². The zero-order valence-electron chi connectivity index (χ0n) is 13.7. The number of halogens is 3. The summed E-state index contributed by atoms with van der Waals surface area (Å²) >= 11 is 0. The number of carbonyl (C=O) groups excluding carboxylic acids is 1. The molecule has 2 nitrogen and oxygen atoms in total. The van der Waals surface area contributed by atoms with Crippen LogP contribution in [0.15, 0.2) is 24.2 Å². The second-order valence-electron chi connectivity index (χ2n) is 6.09. The molecule has 0 N–H and O–H groups in total. The van der Waals surface area contributed by atoms with Crippen molar-refractivity contribution < 1.29 is 24.1 Å². The van der Waals surface area contributed by atoms with E-state index in [4.69, 9.17) is 6.11 Å². The van der Waals surface area contributed by atoms with Gasteiger partial charge in [0.05, 0.1) is 19.0 Å². The number of hydrogen-bond acceptors (Lipinski definition) is 2. The van der Waals surface area contributed by atoms with Gasteiger partial charge in [0.25, 0.3) is 0 Å². The fourth-order valence-corrected chi connectivity index (χ4v) is 1.64. The zero-order chi connectivity index (χ0) is 17.1. The first-order chi connectivity index (χ1) is 9.94. The van der Waals surface area contributed by atoms with Crippen molar-refractivity contribution in [3.8, 4) is 0 Å². The summed E-state index contributed by atoms with van der Waals surface area (Å²) in [6.45, 7) is 7.03. The van der Waals surface area contributed by atoms with Gasteiger partial charge < -0.3 is 4.74 Å². The first-order valence-corrected chi connectivity index (χ1v) is 6.78. The average molecular weight is 303 g/mol. The fraction of sp³-hybridized carbons (Fsp3) is 0.562. The normalized spacial score (nSPS) is 14.5. The van der Waals surface area contributed by atoms with Gasteiger partial charge in [-0.1, -0.05) is 25.1 Å². The SMILES string of the molecule is [2H]c1c(C(C)CCOC(=O)C(C)(C)C)cccc1C(F)(F)F. The molecule has 0 fully saturated rings. The molecule has 1 atom stereocenters. The van der Waals surface area contributed by atoms with Crippen molar-refractivity contribution in [3.63, 3.8) is 0 Å². The van der Waals surface area contributed by atoms with Crippen LogP contribution in [0, 0.1) is 5.41 Å². The van der Waals surface area contributed by atoms with Crippen LogP contribution >= 0.6 is 0 Å². The van der Waals surface area contributed by atoms with E-state index in [0.717, 1.165) is 6.07 Å². The lowest BCUT2D eigenvalue weighted by molar-refractivity contribution is -0.153. The topological polar surface area (TPSA) is 26.3 Å². The van der Waals surface area contributed by atoms with Crippen LogP contribution in [-0.4, -0.2) is 12.6 Å². The summed E-state index contributed by atoms with van der Waals surface area (Å²) in [5.41, 5.74) is -1.25. The summed E-state index contributed by atoms with van der Waals surface area (Å²) in [6.07, 6.45) is -4.17. The Morgan fingerprint density at radius 2 is 1.95 bits per heavy atom. The third-order valence-electron chi connectivity index (χ3n) is 3.05. The summed E-state index contributed by atoms with van der Waals surface area (Å²) in [7, 11) is 0. The van der Waals surface area contributed by atoms with Crippen molar-refractivity contribution >= 4 is 5.97 Å². The second kappa shape index (κ2) is 6.50. The van der Waals surface area contributed by atoms with Crippen LogP contribution in [0.3, 0.4) is 0 Å². The molecule has 0 saturated heterocycles. The molecular weight excluding hydrogens is 281 g/mol. The van der Waals surface area contributed by atoms with Gasteiger partial charge in [-0.2, -0.15) is 13.2 Å². The van der Waals surface area contributed by atoms with Gasteiger partial charge in [0.2, 0.25) is 0 Å². The first-order valence-electron chi connectivity index (χ1n) is 7.28. The number of ether oxygens (including phenoxy) is 1. The van der Waals surface area contributed by atoms with E-state index in [1.807, 2.05) is 0 Å². The minimum Gasteiger partial charge on any atom is -0.465 e. The highest BCUT2D eigenvalue weighted by Gasteiger charge is 2.30. The van der Waals surface area contributed by atoms with Crippen molar-refractivity contribution in [3.05, 3.63) is 35.4 Å². The standard InChI is InChI=1S/C16H21F3O2/c1-11(8-9-21-14(20)15(2,3)4)12-6-5-7-13(10-12)16(17,18)19/h5-7,10-11H,8-9H2,1-4H3/i10D. The van der Waals surface area contributed by atoms with Crippen LogP contribution in [-0.2, 0) is 15.7 Å². The average Bonchev–Trinajstić information content (AvgIpc) is 2.36. The van der Waals surface area contributed by atoms with Gasteiger partial charge in [0.1, 0.15) is 0 Å². The highest BCUT2D eigenvalue weighted by Crippen LogP contribution is 2.31. The van der Waals surface area contributed by atoms with Crippen molar-refractivity contribution in [2.24, 2.45) is 5.41 Å². The van der Waals surface area contributed by atoms with Crippen molar-refractivity contribution in [1.29, 1.82) is 0 Å². The smallest absolute Gasteiger partial charge is 0.416 e. The Morgan fingerprint density at radius 3 is 2.48 bits per heavy atom. The Morgan fingerprint density at radius 1 is 1.33 bits per heavy atom. The Labute approximate surface area is 124 Å². The summed E-state index contributed by atoms with van der Waals surface area (Å²) in [4.78, 5) is 11.6. The Kier molecular flexibility index (Phi) is 4.91. The fourth-order valence-electron chi connectivity index (χ4n) is 1.64. The zero-order valence-corrected chi connectivity index (χ0v) is 12.7. The molecule has 21 heavy (non-hydrogen) atoms. The largest absolute Gasteiger partial charge is 0.465 e. The highest BCUT2D eigenvalue weighted by molar-refractivity contribution is 5.75. The van der Waals surface area contributed by atoms with Gasteiger partial charge in [-0.15, -0.1) is 0 Å². The lowest BCUT2D eigenvalue weighted by Gasteiger charge is -2.18. The lowest BCUT2D eigenvalue weighted by Crippen LogP contribution is -2.23. The molecule has 0 radical (unpaired) electrons. The molecule has 5 heteroatoms. The molecule has 118 valence electrons. The lowest BCUT2D eigenvalue weighted by atomic mass is 9.96. The van der Waals surface area contributed by atoms with E-state index in [-0.39, 0.29) is 18.5 Å². The highest BCUT2D eigenvalue weighted by atomic mass is 19.4. The quantitative estimate of drug-likeness (QED) is 0.748. The van der Waals surface area contributed by atoms with E-state index in [1.54, 1.807) is 27.7 Å². The maximum absolute atomic E-state index is 12.8. The van der Waals surface area contributed by atoms with Gasteiger partial charge in [0, 0.05) is 0 Å². The van der Waals surface area contributed by atoms with Gasteiger partial charge in [-0.25, -0.2) is 0 Å². The van der Waals surface area contributed by atoms with Crippen LogP contribution in [0.4, 0.5) is 13.2 Å². The molecule has 0 aliphatic rings. The molecule has 0 aromatic heterocycles.